The lowest BCUT2D eigenvalue weighted by atomic mass is 9.92. The van der Waals surface area contributed by atoms with Crippen molar-refractivity contribution in [1.29, 1.82) is 0 Å². The Labute approximate surface area is 252 Å². The van der Waals surface area contributed by atoms with Crippen LogP contribution < -0.4 is 15.5 Å². The molecule has 4 aromatic rings. The fraction of sp³-hybridized carbons (Fsp3) is 0.281. The number of carbonyl (C=O) groups is 2. The first-order valence-corrected chi connectivity index (χ1v) is 15.5. The molecule has 1 fully saturated rings. The normalized spacial score (nSPS) is 14.5. The van der Waals surface area contributed by atoms with E-state index in [0.717, 1.165) is 22.5 Å². The Morgan fingerprint density at radius 2 is 1.58 bits per heavy atom. The van der Waals surface area contributed by atoms with Gasteiger partial charge in [0.25, 0.3) is 0 Å². The molecule has 1 aliphatic heterocycles. The van der Waals surface area contributed by atoms with E-state index in [2.05, 4.69) is 31.4 Å². The van der Waals surface area contributed by atoms with Gasteiger partial charge in [-0.1, -0.05) is 56.7 Å². The first kappa shape index (κ1) is 30.0. The number of hydrogen-bond acceptors (Lipinski definition) is 5. The summed E-state index contributed by atoms with van der Waals surface area (Å²) in [6, 6.07) is 22.6. The topological polar surface area (TPSA) is 117 Å². The Morgan fingerprint density at radius 1 is 0.907 bits per heavy atom. The van der Waals surface area contributed by atoms with Gasteiger partial charge in [-0.3, -0.25) is 15.0 Å². The lowest BCUT2D eigenvalue weighted by Crippen LogP contribution is -2.50. The Hall–Kier alpha value is -4.48. The summed E-state index contributed by atoms with van der Waals surface area (Å²) in [4.78, 5) is 27.2. The Morgan fingerprint density at radius 3 is 2.23 bits per heavy atom. The maximum Gasteiger partial charge on any atom is 0.324 e. The van der Waals surface area contributed by atoms with Gasteiger partial charge in [-0.15, -0.1) is 0 Å². The van der Waals surface area contributed by atoms with Gasteiger partial charge in [0.2, 0.25) is 15.9 Å². The van der Waals surface area contributed by atoms with Gasteiger partial charge in [-0.05, 0) is 61.9 Å². The van der Waals surface area contributed by atoms with Crippen molar-refractivity contribution < 1.29 is 18.0 Å². The minimum absolute atomic E-state index is 0.0698. The third-order valence-corrected chi connectivity index (χ3v) is 9.18. The Bertz CT molecular complexity index is 1760. The van der Waals surface area contributed by atoms with Gasteiger partial charge in [0.15, 0.2) is 0 Å². The summed E-state index contributed by atoms with van der Waals surface area (Å²) in [5.74, 6) is 0.382. The highest BCUT2D eigenvalue weighted by molar-refractivity contribution is 7.89. The number of carbonyl (C=O) groups excluding carboxylic acids is 2. The quantitative estimate of drug-likeness (QED) is 0.290. The van der Waals surface area contributed by atoms with Gasteiger partial charge in [-0.25, -0.2) is 17.9 Å². The van der Waals surface area contributed by atoms with Crippen LogP contribution in [0, 0.1) is 13.8 Å². The number of benzene rings is 3. The SMILES string of the molecule is Cc1ccc(-n2nc(C(C)(C)C)cc2NC(=O)Nc2ccc(S(=O)(=O)N3CCC(=O)N(c4ccccc4C)C3)cc2)cc1. The number of aryl methyl sites for hydroxylation is 2. The predicted molar refractivity (Wildman–Crippen MR) is 168 cm³/mol. The second-order valence-corrected chi connectivity index (χ2v) is 13.6. The van der Waals surface area contributed by atoms with Gasteiger partial charge in [-0.2, -0.15) is 9.40 Å². The molecule has 3 aromatic carbocycles. The van der Waals surface area contributed by atoms with E-state index in [0.29, 0.717) is 17.2 Å². The zero-order valence-corrected chi connectivity index (χ0v) is 25.8. The Kier molecular flexibility index (Phi) is 8.13. The molecule has 0 spiro atoms. The van der Waals surface area contributed by atoms with Gasteiger partial charge in [0, 0.05) is 35.8 Å². The zero-order valence-electron chi connectivity index (χ0n) is 25.0. The number of amides is 3. The van der Waals surface area contributed by atoms with Crippen molar-refractivity contribution in [3.05, 3.63) is 95.7 Å². The highest BCUT2D eigenvalue weighted by Gasteiger charge is 2.33. The molecular weight excluding hydrogens is 564 g/mol. The second kappa shape index (κ2) is 11.7. The van der Waals surface area contributed by atoms with E-state index in [4.69, 9.17) is 5.10 Å². The molecule has 0 radical (unpaired) electrons. The molecule has 0 saturated carbocycles. The third-order valence-electron chi connectivity index (χ3n) is 7.33. The number of hydrogen-bond donors (Lipinski definition) is 2. The van der Waals surface area contributed by atoms with Crippen molar-refractivity contribution in [1.82, 2.24) is 14.1 Å². The van der Waals surface area contributed by atoms with E-state index >= 15 is 0 Å². The number of urea groups is 1. The van der Waals surface area contributed by atoms with Crippen LogP contribution in [0.25, 0.3) is 5.69 Å². The first-order chi connectivity index (χ1) is 20.3. The maximum absolute atomic E-state index is 13.5. The fourth-order valence-electron chi connectivity index (χ4n) is 4.79. The van der Waals surface area contributed by atoms with Crippen LogP contribution in [0.4, 0.5) is 22.0 Å². The summed E-state index contributed by atoms with van der Waals surface area (Å²) >= 11 is 0. The Balaban J connectivity index is 1.30. The molecule has 43 heavy (non-hydrogen) atoms. The number of sulfonamides is 1. The zero-order chi connectivity index (χ0) is 30.9. The van der Waals surface area contributed by atoms with Gasteiger partial charge >= 0.3 is 6.03 Å². The van der Waals surface area contributed by atoms with Crippen LogP contribution in [0.3, 0.4) is 0 Å². The molecule has 0 unspecified atom stereocenters. The predicted octanol–water partition coefficient (Wildman–Crippen LogP) is 5.82. The number of rotatable bonds is 6. The lowest BCUT2D eigenvalue weighted by Gasteiger charge is -2.35. The molecule has 5 rings (SSSR count). The van der Waals surface area contributed by atoms with Crippen LogP contribution in [0.2, 0.25) is 0 Å². The average molecular weight is 601 g/mol. The molecule has 3 amide bonds. The maximum atomic E-state index is 13.5. The third kappa shape index (κ3) is 6.47. The van der Waals surface area contributed by atoms with E-state index in [-0.39, 0.29) is 35.9 Å². The molecular formula is C32H36N6O4S. The van der Waals surface area contributed by atoms with Gasteiger partial charge < -0.3 is 5.32 Å². The molecule has 0 aliphatic carbocycles. The number of nitrogens with zero attached hydrogens (tertiary/aromatic N) is 4. The highest BCUT2D eigenvalue weighted by atomic mass is 32.2. The molecule has 224 valence electrons. The summed E-state index contributed by atoms with van der Waals surface area (Å²) in [5.41, 5.74) is 4.51. The molecule has 1 saturated heterocycles. The number of nitrogens with one attached hydrogen (secondary N) is 2. The fourth-order valence-corrected chi connectivity index (χ4v) is 6.17. The minimum atomic E-state index is -3.88. The van der Waals surface area contributed by atoms with Crippen molar-refractivity contribution in [2.24, 2.45) is 0 Å². The van der Waals surface area contributed by atoms with E-state index in [1.165, 1.54) is 21.3 Å². The van der Waals surface area contributed by atoms with Crippen molar-refractivity contribution in [2.75, 3.05) is 28.7 Å². The number of aromatic nitrogens is 2. The van der Waals surface area contributed by atoms with Crippen LogP contribution in [0.15, 0.2) is 83.8 Å². The van der Waals surface area contributed by atoms with Crippen LogP contribution >= 0.6 is 0 Å². The largest absolute Gasteiger partial charge is 0.324 e. The molecule has 1 aliphatic rings. The van der Waals surface area contributed by atoms with Crippen LogP contribution in [-0.4, -0.2) is 47.7 Å². The highest BCUT2D eigenvalue weighted by Crippen LogP contribution is 2.28. The number of anilines is 3. The molecule has 1 aromatic heterocycles. The summed E-state index contributed by atoms with van der Waals surface area (Å²) in [5, 5.41) is 10.4. The van der Waals surface area contributed by atoms with Gasteiger partial charge in [0.1, 0.15) is 5.82 Å². The molecule has 11 heteroatoms. The summed E-state index contributed by atoms with van der Waals surface area (Å²) in [6.07, 6.45) is 0.0868. The van der Waals surface area contributed by atoms with Crippen LogP contribution in [0.1, 0.15) is 44.0 Å². The molecule has 10 nitrogen and oxygen atoms in total. The van der Waals surface area contributed by atoms with E-state index in [1.54, 1.807) is 16.8 Å². The van der Waals surface area contributed by atoms with Crippen molar-refractivity contribution in [2.45, 2.75) is 51.3 Å². The van der Waals surface area contributed by atoms with Crippen molar-refractivity contribution >= 4 is 39.2 Å². The summed E-state index contributed by atoms with van der Waals surface area (Å²) < 4.78 is 30.0. The first-order valence-electron chi connectivity index (χ1n) is 14.0. The molecule has 2 heterocycles. The van der Waals surface area contributed by atoms with Crippen LogP contribution in [-0.2, 0) is 20.2 Å². The van der Waals surface area contributed by atoms with E-state index < -0.39 is 16.1 Å². The number of para-hydroxylation sites is 1. The van der Waals surface area contributed by atoms with Gasteiger partial charge in [0.05, 0.1) is 22.9 Å². The van der Waals surface area contributed by atoms with Crippen molar-refractivity contribution in [3.63, 3.8) is 0 Å². The molecule has 0 atom stereocenters. The second-order valence-electron chi connectivity index (χ2n) is 11.7. The standard InChI is InChI=1S/C32H36N6O4S/c1-22-10-14-25(15-11-22)38-29(20-28(35-38)32(3,4)5)34-31(40)33-24-12-16-26(17-13-24)43(41,42)36-19-18-30(39)37(21-36)27-9-7-6-8-23(27)2/h6-17,20H,18-19,21H2,1-5H3,(H2,33,34,40). The smallest absolute Gasteiger partial charge is 0.308 e. The monoisotopic (exact) mass is 600 g/mol. The average Bonchev–Trinajstić information content (AvgIpc) is 3.38. The summed E-state index contributed by atoms with van der Waals surface area (Å²) in [6.45, 7) is 10.1. The van der Waals surface area contributed by atoms with Crippen molar-refractivity contribution in [3.8, 4) is 5.69 Å². The van der Waals surface area contributed by atoms with Crippen LogP contribution in [0.5, 0.6) is 0 Å². The molecule has 2 N–H and O–H groups in total. The van der Waals surface area contributed by atoms with E-state index in [1.807, 2.05) is 68.4 Å². The summed E-state index contributed by atoms with van der Waals surface area (Å²) in [7, 11) is -3.88. The minimum Gasteiger partial charge on any atom is -0.308 e. The molecule has 0 bridgehead atoms. The van der Waals surface area contributed by atoms with E-state index in [9.17, 15) is 18.0 Å². The lowest BCUT2D eigenvalue weighted by molar-refractivity contribution is -0.120.